The Bertz CT molecular complexity index is 1440. The zero-order valence-electron chi connectivity index (χ0n) is 18.8. The third kappa shape index (κ3) is 3.12. The maximum absolute atomic E-state index is 12.9. The highest BCUT2D eigenvalue weighted by atomic mass is 16.5. The predicted molar refractivity (Wildman–Crippen MR) is 125 cm³/mol. The third-order valence-corrected chi connectivity index (χ3v) is 6.24. The molecule has 2 aromatic heterocycles. The van der Waals surface area contributed by atoms with Gasteiger partial charge in [0.05, 0.1) is 17.6 Å². The molecule has 2 N–H and O–H groups in total. The average Bonchev–Trinajstić information content (AvgIpc) is 3.30. The van der Waals surface area contributed by atoms with Crippen molar-refractivity contribution in [3.8, 4) is 17.5 Å². The number of aryl methyl sites for hydroxylation is 1. The van der Waals surface area contributed by atoms with E-state index in [0.717, 1.165) is 28.1 Å². The lowest BCUT2D eigenvalue weighted by atomic mass is 10.1. The number of hydrogen-bond acceptors (Lipinski definition) is 5. The summed E-state index contributed by atoms with van der Waals surface area (Å²) < 4.78 is 9.60. The van der Waals surface area contributed by atoms with Crippen molar-refractivity contribution in [2.45, 2.75) is 27.0 Å². The summed E-state index contributed by atoms with van der Waals surface area (Å²) in [5, 5.41) is 15.1. The van der Waals surface area contributed by atoms with E-state index in [1.54, 1.807) is 21.2 Å². The standard InChI is InChI=1S/C25H24N6O2/c1-15-9-10-19(33-14-17-7-5-4-6-8-17)16(2)21(15)31-23(27)18(13-26)20-22-25(32)29(3)11-12-30(22)28-24(20)31/h4-10H,11-12,14,27H2,1-3H3. The highest BCUT2D eigenvalue weighted by Gasteiger charge is 2.32. The molecule has 2 aromatic carbocycles. The predicted octanol–water partition coefficient (Wildman–Crippen LogP) is 3.56. The SMILES string of the molecule is Cc1ccc(OCc2ccccc2)c(C)c1-n1c(N)c(C#N)c2c3n(nc21)CCN(C)C3=O. The fourth-order valence-electron chi connectivity index (χ4n) is 4.49. The van der Waals surface area contributed by atoms with Crippen molar-refractivity contribution in [2.24, 2.45) is 0 Å². The number of ether oxygens (including phenoxy) is 1. The highest BCUT2D eigenvalue weighted by Crippen LogP contribution is 2.38. The fourth-order valence-corrected chi connectivity index (χ4v) is 4.49. The molecule has 0 spiro atoms. The van der Waals surface area contributed by atoms with E-state index in [0.29, 0.717) is 36.4 Å². The van der Waals surface area contributed by atoms with E-state index in [4.69, 9.17) is 15.6 Å². The second kappa shape index (κ2) is 7.71. The maximum atomic E-state index is 12.9. The minimum atomic E-state index is -0.161. The largest absolute Gasteiger partial charge is 0.489 e. The number of carbonyl (C=O) groups is 1. The summed E-state index contributed by atoms with van der Waals surface area (Å²) in [6.07, 6.45) is 0. The Morgan fingerprint density at radius 1 is 1.15 bits per heavy atom. The second-order valence-corrected chi connectivity index (χ2v) is 8.33. The summed E-state index contributed by atoms with van der Waals surface area (Å²) in [5.74, 6) is 0.829. The van der Waals surface area contributed by atoms with Gasteiger partial charge in [-0.05, 0) is 31.0 Å². The van der Waals surface area contributed by atoms with Crippen molar-refractivity contribution in [3.63, 3.8) is 0 Å². The Labute approximate surface area is 191 Å². The van der Waals surface area contributed by atoms with Crippen LogP contribution in [-0.2, 0) is 13.2 Å². The number of nitrogens with zero attached hydrogens (tertiary/aromatic N) is 5. The first-order chi connectivity index (χ1) is 15.9. The summed E-state index contributed by atoms with van der Waals surface area (Å²) in [6, 6.07) is 16.1. The van der Waals surface area contributed by atoms with Gasteiger partial charge in [-0.15, -0.1) is 0 Å². The summed E-state index contributed by atoms with van der Waals surface area (Å²) in [5.41, 5.74) is 11.4. The topological polar surface area (TPSA) is 102 Å². The Hall–Kier alpha value is -4.25. The highest BCUT2D eigenvalue weighted by molar-refractivity contribution is 6.09. The minimum absolute atomic E-state index is 0.161. The number of benzene rings is 2. The van der Waals surface area contributed by atoms with Crippen molar-refractivity contribution < 1.29 is 9.53 Å². The number of nitrogens with two attached hydrogens (primary N) is 1. The van der Waals surface area contributed by atoms with E-state index in [2.05, 4.69) is 6.07 Å². The van der Waals surface area contributed by atoms with Crippen LogP contribution in [0.1, 0.15) is 32.7 Å². The van der Waals surface area contributed by atoms with Crippen LogP contribution in [0, 0.1) is 25.2 Å². The summed E-state index contributed by atoms with van der Waals surface area (Å²) in [7, 11) is 1.75. The fraction of sp³-hybridized carbons (Fsp3) is 0.240. The van der Waals surface area contributed by atoms with E-state index in [1.807, 2.05) is 56.3 Å². The van der Waals surface area contributed by atoms with Crippen molar-refractivity contribution in [2.75, 3.05) is 19.3 Å². The average molecular weight is 441 g/mol. The molecule has 8 nitrogen and oxygen atoms in total. The van der Waals surface area contributed by atoms with Gasteiger partial charge < -0.3 is 15.4 Å². The van der Waals surface area contributed by atoms with E-state index < -0.39 is 0 Å². The van der Waals surface area contributed by atoms with Gasteiger partial charge in [0, 0.05) is 19.2 Å². The number of fused-ring (bicyclic) bond motifs is 3. The second-order valence-electron chi connectivity index (χ2n) is 8.33. The van der Waals surface area contributed by atoms with Crippen LogP contribution in [0.2, 0.25) is 0 Å². The number of carbonyl (C=O) groups excluding carboxylic acids is 1. The number of nitrogen functional groups attached to an aromatic ring is 1. The van der Waals surface area contributed by atoms with E-state index in [1.165, 1.54) is 0 Å². The number of rotatable bonds is 4. The molecule has 0 saturated heterocycles. The summed E-state index contributed by atoms with van der Waals surface area (Å²) >= 11 is 0. The molecule has 4 aromatic rings. The van der Waals surface area contributed by atoms with Crippen LogP contribution in [0.25, 0.3) is 16.7 Å². The Kier molecular flexibility index (Phi) is 4.82. The minimum Gasteiger partial charge on any atom is -0.489 e. The van der Waals surface area contributed by atoms with E-state index in [-0.39, 0.29) is 17.3 Å². The van der Waals surface area contributed by atoms with Gasteiger partial charge in [-0.3, -0.25) is 14.0 Å². The molecule has 0 saturated carbocycles. The molecule has 33 heavy (non-hydrogen) atoms. The first kappa shape index (κ1) is 20.6. The molecule has 0 radical (unpaired) electrons. The van der Waals surface area contributed by atoms with Crippen LogP contribution < -0.4 is 10.5 Å². The summed E-state index contributed by atoms with van der Waals surface area (Å²) in [4.78, 5) is 14.5. The van der Waals surface area contributed by atoms with Gasteiger partial charge in [0.25, 0.3) is 5.91 Å². The molecule has 0 unspecified atom stereocenters. The first-order valence-electron chi connectivity index (χ1n) is 10.8. The maximum Gasteiger partial charge on any atom is 0.272 e. The van der Waals surface area contributed by atoms with E-state index >= 15 is 0 Å². The number of aromatic nitrogens is 3. The van der Waals surface area contributed by atoms with Crippen molar-refractivity contribution in [1.29, 1.82) is 5.26 Å². The first-order valence-corrected chi connectivity index (χ1v) is 10.8. The molecule has 0 atom stereocenters. The molecule has 0 aliphatic carbocycles. The third-order valence-electron chi connectivity index (χ3n) is 6.24. The van der Waals surface area contributed by atoms with Crippen molar-refractivity contribution in [3.05, 3.63) is 70.4 Å². The lowest BCUT2D eigenvalue weighted by Gasteiger charge is -2.23. The van der Waals surface area contributed by atoms with Crippen molar-refractivity contribution >= 4 is 22.8 Å². The molecule has 5 rings (SSSR count). The van der Waals surface area contributed by atoms with Crippen LogP contribution >= 0.6 is 0 Å². The number of likely N-dealkylation sites (N-methyl/N-ethyl adjacent to an activating group) is 1. The van der Waals surface area contributed by atoms with Gasteiger partial charge in [0.15, 0.2) is 5.65 Å². The normalized spacial score (nSPS) is 13.3. The number of nitriles is 1. The molecular formula is C25H24N6O2. The van der Waals surface area contributed by atoms with Crippen LogP contribution in [-0.4, -0.2) is 38.7 Å². The number of hydrogen-bond donors (Lipinski definition) is 1. The van der Waals surface area contributed by atoms with Crippen LogP contribution in [0.5, 0.6) is 5.75 Å². The molecule has 8 heteroatoms. The Morgan fingerprint density at radius 3 is 2.64 bits per heavy atom. The smallest absolute Gasteiger partial charge is 0.272 e. The molecular weight excluding hydrogens is 416 g/mol. The molecule has 1 amide bonds. The van der Waals surface area contributed by atoms with Gasteiger partial charge in [-0.25, -0.2) is 0 Å². The quantitative estimate of drug-likeness (QED) is 0.523. The van der Waals surface area contributed by atoms with Crippen molar-refractivity contribution in [1.82, 2.24) is 19.2 Å². The van der Waals surface area contributed by atoms with Crippen LogP contribution in [0.3, 0.4) is 0 Å². The number of amides is 1. The lowest BCUT2D eigenvalue weighted by molar-refractivity contribution is 0.0745. The molecule has 3 heterocycles. The zero-order chi connectivity index (χ0) is 23.3. The van der Waals surface area contributed by atoms with Gasteiger partial charge >= 0.3 is 0 Å². The molecule has 0 bridgehead atoms. The summed E-state index contributed by atoms with van der Waals surface area (Å²) in [6.45, 7) is 5.51. The monoisotopic (exact) mass is 440 g/mol. The molecule has 166 valence electrons. The molecule has 1 aliphatic heterocycles. The van der Waals surface area contributed by atoms with Gasteiger partial charge in [-0.1, -0.05) is 36.4 Å². The lowest BCUT2D eigenvalue weighted by Crippen LogP contribution is -2.37. The van der Waals surface area contributed by atoms with Crippen LogP contribution in [0.15, 0.2) is 42.5 Å². The van der Waals surface area contributed by atoms with Crippen LogP contribution in [0.4, 0.5) is 5.82 Å². The van der Waals surface area contributed by atoms with E-state index in [9.17, 15) is 10.1 Å². The zero-order valence-corrected chi connectivity index (χ0v) is 18.8. The molecule has 1 aliphatic rings. The Balaban J connectivity index is 1.68. The number of anilines is 1. The molecule has 0 fully saturated rings. The van der Waals surface area contributed by atoms with Gasteiger partial charge in [-0.2, -0.15) is 10.4 Å². The van der Waals surface area contributed by atoms with Gasteiger partial charge in [0.1, 0.15) is 35.5 Å². The van der Waals surface area contributed by atoms with Gasteiger partial charge in [0.2, 0.25) is 0 Å². The Morgan fingerprint density at radius 2 is 1.91 bits per heavy atom.